The summed E-state index contributed by atoms with van der Waals surface area (Å²) in [5, 5.41) is 12.9. The van der Waals surface area contributed by atoms with Crippen molar-refractivity contribution in [3.05, 3.63) is 64.8 Å². The van der Waals surface area contributed by atoms with E-state index in [1.807, 2.05) is 11.0 Å². The number of aliphatic hydroxyl groups is 1. The van der Waals surface area contributed by atoms with Crippen LogP contribution in [0.4, 0.5) is 5.95 Å². The van der Waals surface area contributed by atoms with E-state index in [-0.39, 0.29) is 37.2 Å². The second-order valence-electron chi connectivity index (χ2n) is 7.67. The Morgan fingerprint density at radius 3 is 2.85 bits per heavy atom. The molecule has 10 nitrogen and oxygen atoms in total. The molecule has 2 aromatic heterocycles. The smallest absolute Gasteiger partial charge is 0.258 e. The maximum atomic E-state index is 12.9. The molecule has 0 radical (unpaired) electrons. The molecule has 4 rings (SSSR count). The number of methoxy groups -OCH3 is 1. The second kappa shape index (κ2) is 11.1. The number of rotatable bonds is 9. The van der Waals surface area contributed by atoms with Crippen LogP contribution < -0.4 is 19.7 Å². The summed E-state index contributed by atoms with van der Waals surface area (Å²) in [6, 6.07) is 6.94. The van der Waals surface area contributed by atoms with Crippen molar-refractivity contribution in [1.29, 1.82) is 0 Å². The van der Waals surface area contributed by atoms with Gasteiger partial charge >= 0.3 is 0 Å². The predicted octanol–water partition coefficient (Wildman–Crippen LogP) is 2.40. The Morgan fingerprint density at radius 2 is 2.12 bits per heavy atom. The van der Waals surface area contributed by atoms with Crippen LogP contribution in [-0.4, -0.2) is 57.3 Å². The average Bonchev–Trinajstić information content (AvgIpc) is 3.35. The second-order valence-corrected chi connectivity index (χ2v) is 8.07. The first-order chi connectivity index (χ1) is 16.6. The molecule has 34 heavy (non-hydrogen) atoms. The molecule has 0 bridgehead atoms. The monoisotopic (exact) mass is 484 g/mol. The van der Waals surface area contributed by atoms with Gasteiger partial charge in [-0.1, -0.05) is 17.7 Å². The highest BCUT2D eigenvalue weighted by atomic mass is 35.5. The van der Waals surface area contributed by atoms with Crippen LogP contribution in [0.15, 0.2) is 42.9 Å². The molecule has 1 aliphatic rings. The van der Waals surface area contributed by atoms with Crippen LogP contribution in [0.2, 0.25) is 5.02 Å². The molecule has 1 aliphatic heterocycles. The van der Waals surface area contributed by atoms with Gasteiger partial charge in [-0.2, -0.15) is 4.98 Å². The molecule has 3 heterocycles. The maximum absolute atomic E-state index is 12.9. The SMILES string of the molecule is COc1ccc(COc2nc(N3CCC[C@H]3CO)ncc2C(=O)NCc2ncccn2)cc1Cl. The van der Waals surface area contributed by atoms with Crippen molar-refractivity contribution in [2.45, 2.75) is 32.0 Å². The minimum atomic E-state index is -0.415. The molecule has 0 spiro atoms. The van der Waals surface area contributed by atoms with E-state index in [0.29, 0.717) is 22.5 Å². The normalized spacial score (nSPS) is 15.3. The standard InChI is InChI=1S/C23H25ClN6O4/c1-33-19-6-5-15(10-18(19)24)14-34-22-17(21(32)27-12-20-25-7-3-8-26-20)11-28-23(29-22)30-9-2-4-16(30)13-31/h3,5-8,10-11,16,31H,2,4,9,12-14H2,1H3,(H,27,32)/t16-/m0/s1. The number of nitrogens with one attached hydrogen (secondary N) is 1. The van der Waals surface area contributed by atoms with E-state index in [9.17, 15) is 9.90 Å². The zero-order chi connectivity index (χ0) is 23.9. The largest absolute Gasteiger partial charge is 0.495 e. The Labute approximate surface area is 201 Å². The molecular weight excluding hydrogens is 460 g/mol. The number of halogens is 1. The first kappa shape index (κ1) is 23.7. The van der Waals surface area contributed by atoms with Gasteiger partial charge in [0.1, 0.15) is 23.7 Å². The molecule has 1 aromatic carbocycles. The number of amides is 1. The van der Waals surface area contributed by atoms with Gasteiger partial charge in [-0.25, -0.2) is 15.0 Å². The molecule has 1 saturated heterocycles. The molecule has 0 aliphatic carbocycles. The van der Waals surface area contributed by atoms with Crippen molar-refractivity contribution < 1.29 is 19.4 Å². The molecule has 0 saturated carbocycles. The minimum Gasteiger partial charge on any atom is -0.495 e. The van der Waals surface area contributed by atoms with Crippen LogP contribution in [0.3, 0.4) is 0 Å². The Morgan fingerprint density at radius 1 is 1.29 bits per heavy atom. The van der Waals surface area contributed by atoms with Crippen LogP contribution in [0.1, 0.15) is 34.6 Å². The van der Waals surface area contributed by atoms with Crippen LogP contribution in [0, 0.1) is 0 Å². The lowest BCUT2D eigenvalue weighted by Gasteiger charge is -2.23. The fourth-order valence-electron chi connectivity index (χ4n) is 3.68. The zero-order valence-corrected chi connectivity index (χ0v) is 19.4. The van der Waals surface area contributed by atoms with Crippen molar-refractivity contribution in [1.82, 2.24) is 25.3 Å². The summed E-state index contributed by atoms with van der Waals surface area (Å²) in [6.07, 6.45) is 6.42. The van der Waals surface area contributed by atoms with E-state index in [1.54, 1.807) is 37.7 Å². The van der Waals surface area contributed by atoms with Crippen molar-refractivity contribution in [2.75, 3.05) is 25.2 Å². The number of carbonyl (C=O) groups is 1. The highest BCUT2D eigenvalue weighted by molar-refractivity contribution is 6.32. The van der Waals surface area contributed by atoms with Gasteiger partial charge < -0.3 is 24.8 Å². The van der Waals surface area contributed by atoms with Gasteiger partial charge in [0, 0.05) is 25.1 Å². The predicted molar refractivity (Wildman–Crippen MR) is 125 cm³/mol. The number of nitrogens with zero attached hydrogens (tertiary/aromatic N) is 5. The number of hydrogen-bond donors (Lipinski definition) is 2. The Hall–Kier alpha value is -3.50. The minimum absolute atomic E-state index is 0.00319. The summed E-state index contributed by atoms with van der Waals surface area (Å²) >= 11 is 6.22. The molecule has 11 heteroatoms. The average molecular weight is 485 g/mol. The fourth-order valence-corrected chi connectivity index (χ4v) is 3.96. The van der Waals surface area contributed by atoms with Crippen molar-refractivity contribution in [2.24, 2.45) is 0 Å². The van der Waals surface area contributed by atoms with Crippen LogP contribution in [0.25, 0.3) is 0 Å². The molecule has 2 N–H and O–H groups in total. The summed E-state index contributed by atoms with van der Waals surface area (Å²) in [5.41, 5.74) is 0.962. The number of aliphatic hydroxyl groups excluding tert-OH is 1. The lowest BCUT2D eigenvalue weighted by molar-refractivity contribution is 0.0943. The van der Waals surface area contributed by atoms with Crippen molar-refractivity contribution >= 4 is 23.5 Å². The lowest BCUT2D eigenvalue weighted by Crippen LogP contribution is -2.34. The van der Waals surface area contributed by atoms with E-state index >= 15 is 0 Å². The van der Waals surface area contributed by atoms with Gasteiger partial charge in [0.15, 0.2) is 0 Å². The molecule has 0 unspecified atom stereocenters. The van der Waals surface area contributed by atoms with Gasteiger partial charge in [0.25, 0.3) is 5.91 Å². The number of ether oxygens (including phenoxy) is 2. The van der Waals surface area contributed by atoms with E-state index in [0.717, 1.165) is 24.9 Å². The van der Waals surface area contributed by atoms with Gasteiger partial charge in [-0.05, 0) is 36.6 Å². The van der Waals surface area contributed by atoms with Gasteiger partial charge in [0.05, 0.1) is 31.3 Å². The number of aromatic nitrogens is 4. The highest BCUT2D eigenvalue weighted by Gasteiger charge is 2.27. The summed E-state index contributed by atoms with van der Waals surface area (Å²) < 4.78 is 11.1. The number of hydrogen-bond acceptors (Lipinski definition) is 9. The first-order valence-electron chi connectivity index (χ1n) is 10.8. The number of carbonyl (C=O) groups excluding carboxylic acids is 1. The van der Waals surface area contributed by atoms with E-state index in [2.05, 4.69) is 25.3 Å². The zero-order valence-electron chi connectivity index (χ0n) is 18.6. The van der Waals surface area contributed by atoms with Gasteiger partial charge in [-0.15, -0.1) is 0 Å². The summed E-state index contributed by atoms with van der Waals surface area (Å²) in [5.74, 6) is 1.16. The first-order valence-corrected chi connectivity index (χ1v) is 11.2. The quantitative estimate of drug-likeness (QED) is 0.471. The third-order valence-corrected chi connectivity index (χ3v) is 5.74. The van der Waals surface area contributed by atoms with E-state index < -0.39 is 5.91 Å². The number of anilines is 1. The summed E-state index contributed by atoms with van der Waals surface area (Å²) in [4.78, 5) is 32.0. The van der Waals surface area contributed by atoms with Crippen molar-refractivity contribution in [3.8, 4) is 11.6 Å². The summed E-state index contributed by atoms with van der Waals surface area (Å²) in [7, 11) is 1.54. The fraction of sp³-hybridized carbons (Fsp3) is 0.348. The van der Waals surface area contributed by atoms with Gasteiger partial charge in [-0.3, -0.25) is 4.79 Å². The van der Waals surface area contributed by atoms with Crippen LogP contribution in [-0.2, 0) is 13.2 Å². The van der Waals surface area contributed by atoms with E-state index in [1.165, 1.54) is 6.20 Å². The molecule has 178 valence electrons. The Bertz CT molecular complexity index is 1130. The Kier molecular flexibility index (Phi) is 7.71. The lowest BCUT2D eigenvalue weighted by atomic mass is 10.2. The molecule has 1 amide bonds. The van der Waals surface area contributed by atoms with E-state index in [4.69, 9.17) is 21.1 Å². The summed E-state index contributed by atoms with van der Waals surface area (Å²) in [6.45, 7) is 0.998. The third-order valence-electron chi connectivity index (χ3n) is 5.45. The highest BCUT2D eigenvalue weighted by Crippen LogP contribution is 2.28. The third kappa shape index (κ3) is 5.52. The van der Waals surface area contributed by atoms with Gasteiger partial charge in [0.2, 0.25) is 11.8 Å². The maximum Gasteiger partial charge on any atom is 0.258 e. The van der Waals surface area contributed by atoms with Crippen LogP contribution in [0.5, 0.6) is 11.6 Å². The Balaban J connectivity index is 1.56. The molecule has 1 atom stereocenters. The molecular formula is C23H25ClN6O4. The van der Waals surface area contributed by atoms with Crippen molar-refractivity contribution in [3.63, 3.8) is 0 Å². The molecule has 1 fully saturated rings. The van der Waals surface area contributed by atoms with Crippen LogP contribution >= 0.6 is 11.6 Å². The topological polar surface area (TPSA) is 123 Å². The molecule has 3 aromatic rings. The number of benzene rings is 1.